The van der Waals surface area contributed by atoms with Gasteiger partial charge in [-0.05, 0) is 47.4 Å². The molecule has 2 rings (SSSR count). The molecule has 1 atom stereocenters. The molecule has 0 aliphatic carbocycles. The summed E-state index contributed by atoms with van der Waals surface area (Å²) in [7, 11) is 0. The van der Waals surface area contributed by atoms with E-state index in [0.717, 1.165) is 42.5 Å². The van der Waals surface area contributed by atoms with Gasteiger partial charge in [0.15, 0.2) is 0 Å². The molecular weight excluding hydrogens is 328 g/mol. The molecule has 1 N–H and O–H groups in total. The van der Waals surface area contributed by atoms with Gasteiger partial charge < -0.3 is 10.2 Å². The molecule has 1 saturated heterocycles. The monoisotopic (exact) mass is 346 g/mol. The van der Waals surface area contributed by atoms with E-state index in [1.165, 1.54) is 0 Å². The minimum absolute atomic E-state index is 0. The zero-order valence-corrected chi connectivity index (χ0v) is 13.5. The Bertz CT molecular complexity index is 422. The van der Waals surface area contributed by atoms with Crippen LogP contribution in [0.3, 0.4) is 0 Å². The largest absolute Gasteiger partial charge is 0.334 e. The van der Waals surface area contributed by atoms with E-state index in [1.54, 1.807) is 0 Å². The van der Waals surface area contributed by atoms with Crippen LogP contribution in [0, 0.1) is 0 Å². The van der Waals surface area contributed by atoms with Crippen molar-refractivity contribution >= 4 is 34.2 Å². The van der Waals surface area contributed by atoms with E-state index < -0.39 is 0 Å². The van der Waals surface area contributed by atoms with E-state index >= 15 is 0 Å². The number of carbonyl (C=O) groups is 1. The molecule has 1 heterocycles. The van der Waals surface area contributed by atoms with Crippen LogP contribution in [-0.2, 0) is 0 Å². The molecule has 0 aromatic heterocycles. The summed E-state index contributed by atoms with van der Waals surface area (Å²) in [6.07, 6.45) is 2.04. The number of amides is 1. The molecule has 1 amide bonds. The molecule has 0 spiro atoms. The second-order valence-corrected chi connectivity index (χ2v) is 5.48. The quantitative estimate of drug-likeness (QED) is 0.908. The highest BCUT2D eigenvalue weighted by molar-refractivity contribution is 9.10. The van der Waals surface area contributed by atoms with Crippen LogP contribution >= 0.6 is 28.3 Å². The van der Waals surface area contributed by atoms with Gasteiger partial charge in [-0.3, -0.25) is 4.79 Å². The van der Waals surface area contributed by atoms with Gasteiger partial charge in [-0.25, -0.2) is 0 Å². The number of carbonyl (C=O) groups excluding carboxylic acids is 1. The van der Waals surface area contributed by atoms with E-state index in [9.17, 15) is 4.79 Å². The molecule has 1 unspecified atom stereocenters. The van der Waals surface area contributed by atoms with Crippen LogP contribution in [0.5, 0.6) is 0 Å². The first-order valence-corrected chi connectivity index (χ1v) is 7.29. The van der Waals surface area contributed by atoms with Crippen molar-refractivity contribution in [3.8, 4) is 0 Å². The Kier molecular flexibility index (Phi) is 6.83. The first-order valence-electron chi connectivity index (χ1n) is 6.50. The number of benzene rings is 1. The SMILES string of the molecule is CCCN(C(=O)c1ccccc1Br)C1CCNC1.Cl. The Balaban J connectivity index is 0.00000180. The summed E-state index contributed by atoms with van der Waals surface area (Å²) in [5.74, 6) is 0.137. The van der Waals surface area contributed by atoms with E-state index in [4.69, 9.17) is 0 Å². The number of hydrogen-bond donors (Lipinski definition) is 1. The third-order valence-electron chi connectivity index (χ3n) is 3.30. The van der Waals surface area contributed by atoms with E-state index in [1.807, 2.05) is 29.2 Å². The van der Waals surface area contributed by atoms with Crippen molar-refractivity contribution in [2.45, 2.75) is 25.8 Å². The minimum Gasteiger partial charge on any atom is -0.334 e. The maximum Gasteiger partial charge on any atom is 0.255 e. The van der Waals surface area contributed by atoms with Gasteiger partial charge in [0.25, 0.3) is 5.91 Å². The number of rotatable bonds is 4. The fraction of sp³-hybridized carbons (Fsp3) is 0.500. The summed E-state index contributed by atoms with van der Waals surface area (Å²) in [6.45, 7) is 4.86. The van der Waals surface area contributed by atoms with Crippen molar-refractivity contribution in [2.24, 2.45) is 0 Å². The van der Waals surface area contributed by atoms with Gasteiger partial charge in [-0.1, -0.05) is 19.1 Å². The maximum atomic E-state index is 12.6. The average Bonchev–Trinajstić information content (AvgIpc) is 2.89. The van der Waals surface area contributed by atoms with Gasteiger partial charge in [-0.15, -0.1) is 12.4 Å². The van der Waals surface area contributed by atoms with Crippen LogP contribution in [0.15, 0.2) is 28.7 Å². The van der Waals surface area contributed by atoms with Crippen molar-refractivity contribution in [3.05, 3.63) is 34.3 Å². The van der Waals surface area contributed by atoms with Crippen LogP contribution in [0.4, 0.5) is 0 Å². The summed E-state index contributed by atoms with van der Waals surface area (Å²) in [4.78, 5) is 14.6. The number of hydrogen-bond acceptors (Lipinski definition) is 2. The van der Waals surface area contributed by atoms with Crippen molar-refractivity contribution in [3.63, 3.8) is 0 Å². The van der Waals surface area contributed by atoms with Crippen molar-refractivity contribution in [1.82, 2.24) is 10.2 Å². The molecular formula is C14H20BrClN2O. The van der Waals surface area contributed by atoms with Crippen molar-refractivity contribution in [2.75, 3.05) is 19.6 Å². The highest BCUT2D eigenvalue weighted by atomic mass is 79.9. The highest BCUT2D eigenvalue weighted by Crippen LogP contribution is 2.20. The molecule has 3 nitrogen and oxygen atoms in total. The molecule has 5 heteroatoms. The van der Waals surface area contributed by atoms with Crippen LogP contribution in [0.2, 0.25) is 0 Å². The number of nitrogens with one attached hydrogen (secondary N) is 1. The molecule has 1 fully saturated rings. The topological polar surface area (TPSA) is 32.3 Å². The lowest BCUT2D eigenvalue weighted by Crippen LogP contribution is -2.42. The molecule has 19 heavy (non-hydrogen) atoms. The summed E-state index contributed by atoms with van der Waals surface area (Å²) < 4.78 is 0.877. The Morgan fingerprint density at radius 3 is 2.79 bits per heavy atom. The van der Waals surface area contributed by atoms with Crippen LogP contribution < -0.4 is 5.32 Å². The zero-order valence-electron chi connectivity index (χ0n) is 11.1. The average molecular weight is 348 g/mol. The Labute approximate surface area is 129 Å². The standard InChI is InChI=1S/C14H19BrN2O.ClH/c1-2-9-17(11-7-8-16-10-11)14(18)12-5-3-4-6-13(12)15;/h3-6,11,16H,2,7-10H2,1H3;1H. The zero-order chi connectivity index (χ0) is 13.0. The number of halogens is 2. The van der Waals surface area contributed by atoms with Crippen LogP contribution in [-0.4, -0.2) is 36.5 Å². The maximum absolute atomic E-state index is 12.6. The lowest BCUT2D eigenvalue weighted by atomic mass is 10.1. The highest BCUT2D eigenvalue weighted by Gasteiger charge is 2.27. The summed E-state index contributed by atoms with van der Waals surface area (Å²) >= 11 is 3.46. The van der Waals surface area contributed by atoms with Crippen molar-refractivity contribution < 1.29 is 4.79 Å². The van der Waals surface area contributed by atoms with E-state index in [2.05, 4.69) is 28.2 Å². The normalized spacial score (nSPS) is 17.9. The fourth-order valence-electron chi connectivity index (χ4n) is 2.39. The first-order chi connectivity index (χ1) is 8.74. The van der Waals surface area contributed by atoms with Gasteiger partial charge in [0.05, 0.1) is 5.56 Å². The fourth-order valence-corrected chi connectivity index (χ4v) is 2.84. The summed E-state index contributed by atoms with van der Waals surface area (Å²) in [5, 5.41) is 3.33. The molecule has 0 saturated carbocycles. The molecule has 0 bridgehead atoms. The molecule has 0 radical (unpaired) electrons. The molecule has 1 aromatic rings. The Hall–Kier alpha value is -0.580. The van der Waals surface area contributed by atoms with Crippen molar-refractivity contribution in [1.29, 1.82) is 0 Å². The summed E-state index contributed by atoms with van der Waals surface area (Å²) in [5.41, 5.74) is 0.762. The van der Waals surface area contributed by atoms with Crippen LogP contribution in [0.1, 0.15) is 30.1 Å². The Morgan fingerprint density at radius 1 is 1.47 bits per heavy atom. The van der Waals surface area contributed by atoms with Gasteiger partial charge >= 0.3 is 0 Å². The van der Waals surface area contributed by atoms with Gasteiger partial charge in [0.1, 0.15) is 0 Å². The lowest BCUT2D eigenvalue weighted by Gasteiger charge is -2.28. The lowest BCUT2D eigenvalue weighted by molar-refractivity contribution is 0.0691. The molecule has 1 aliphatic heterocycles. The second kappa shape index (κ2) is 7.88. The minimum atomic E-state index is 0. The van der Waals surface area contributed by atoms with Crippen LogP contribution in [0.25, 0.3) is 0 Å². The van der Waals surface area contributed by atoms with E-state index in [0.29, 0.717) is 6.04 Å². The molecule has 106 valence electrons. The third-order valence-corrected chi connectivity index (χ3v) is 4.00. The Morgan fingerprint density at radius 2 is 2.21 bits per heavy atom. The predicted octanol–water partition coefficient (Wildman–Crippen LogP) is 3.09. The third kappa shape index (κ3) is 3.94. The second-order valence-electron chi connectivity index (χ2n) is 4.63. The van der Waals surface area contributed by atoms with Gasteiger partial charge in [-0.2, -0.15) is 0 Å². The molecule has 1 aromatic carbocycles. The summed E-state index contributed by atoms with van der Waals surface area (Å²) in [6, 6.07) is 7.99. The van der Waals surface area contributed by atoms with E-state index in [-0.39, 0.29) is 18.3 Å². The number of nitrogens with zero attached hydrogens (tertiary/aromatic N) is 1. The first kappa shape index (κ1) is 16.5. The smallest absolute Gasteiger partial charge is 0.255 e. The van der Waals surface area contributed by atoms with Gasteiger partial charge in [0.2, 0.25) is 0 Å². The molecule has 1 aliphatic rings. The predicted molar refractivity (Wildman–Crippen MR) is 84.0 cm³/mol. The van der Waals surface area contributed by atoms with Gasteiger partial charge in [0, 0.05) is 23.6 Å².